The summed E-state index contributed by atoms with van der Waals surface area (Å²) in [6.45, 7) is 5.03. The number of nitrogens with zero attached hydrogens (tertiary/aromatic N) is 3. The van der Waals surface area contributed by atoms with E-state index < -0.39 is 11.5 Å². The fourth-order valence-electron chi connectivity index (χ4n) is 5.20. The molecule has 2 bridgehead atoms. The molecule has 2 unspecified atom stereocenters. The predicted molar refractivity (Wildman–Crippen MR) is 116 cm³/mol. The smallest absolute Gasteiger partial charge is 0.268 e. The van der Waals surface area contributed by atoms with Gasteiger partial charge in [0, 0.05) is 44.8 Å². The third-order valence-electron chi connectivity index (χ3n) is 7.05. The lowest BCUT2D eigenvalue weighted by atomic mass is 9.87. The van der Waals surface area contributed by atoms with E-state index in [1.54, 1.807) is 18.3 Å². The number of morpholine rings is 1. The minimum absolute atomic E-state index is 0.0422. The lowest BCUT2D eigenvalue weighted by Gasteiger charge is -2.47. The first kappa shape index (κ1) is 20.5. The molecular formula is C23H30N4O4. The molecule has 0 radical (unpaired) electrons. The molecule has 31 heavy (non-hydrogen) atoms. The first-order chi connectivity index (χ1) is 15.0. The summed E-state index contributed by atoms with van der Waals surface area (Å²) in [5.74, 6) is -0.107. The molecule has 5 heterocycles. The summed E-state index contributed by atoms with van der Waals surface area (Å²) < 4.78 is 7.22. The van der Waals surface area contributed by atoms with Crippen molar-refractivity contribution in [1.29, 1.82) is 0 Å². The van der Waals surface area contributed by atoms with Crippen LogP contribution in [-0.2, 0) is 11.3 Å². The minimum Gasteiger partial charge on any atom is -0.506 e. The highest BCUT2D eigenvalue weighted by atomic mass is 16.5. The van der Waals surface area contributed by atoms with E-state index in [4.69, 9.17) is 4.74 Å². The number of aromatic hydroxyl groups is 1. The molecule has 1 amide bonds. The van der Waals surface area contributed by atoms with E-state index in [0.717, 1.165) is 45.2 Å². The summed E-state index contributed by atoms with van der Waals surface area (Å²) in [5, 5.41) is 14.2. The molecule has 0 aromatic carbocycles. The van der Waals surface area contributed by atoms with Gasteiger partial charge in [0.15, 0.2) is 0 Å². The van der Waals surface area contributed by atoms with E-state index in [1.807, 2.05) is 0 Å². The Kier molecular flexibility index (Phi) is 5.44. The summed E-state index contributed by atoms with van der Waals surface area (Å²) in [7, 11) is 0. The SMILES string of the molecule is C[C@H]1CC[C@@H](NC(=O)c2c(O)c3cccnc3n(CCN3CC4CC(C3)O4)c2=O)CC1. The van der Waals surface area contributed by atoms with E-state index in [2.05, 4.69) is 22.1 Å². The number of fused-ring (bicyclic) bond motifs is 3. The number of piperidine rings is 1. The van der Waals surface area contributed by atoms with Crippen LogP contribution in [0.25, 0.3) is 11.0 Å². The molecule has 8 heteroatoms. The Morgan fingerprint density at radius 2 is 1.94 bits per heavy atom. The zero-order valence-electron chi connectivity index (χ0n) is 17.9. The number of amides is 1. The monoisotopic (exact) mass is 426 g/mol. The molecule has 4 fully saturated rings. The van der Waals surface area contributed by atoms with Crippen LogP contribution in [0.5, 0.6) is 5.75 Å². The number of aromatic nitrogens is 2. The van der Waals surface area contributed by atoms with Gasteiger partial charge < -0.3 is 15.2 Å². The van der Waals surface area contributed by atoms with Crippen LogP contribution in [-0.4, -0.2) is 63.3 Å². The zero-order chi connectivity index (χ0) is 21.5. The molecule has 3 aliphatic heterocycles. The second kappa shape index (κ2) is 8.24. The van der Waals surface area contributed by atoms with Gasteiger partial charge in [-0.15, -0.1) is 0 Å². The molecule has 3 saturated heterocycles. The first-order valence-corrected chi connectivity index (χ1v) is 11.4. The van der Waals surface area contributed by atoms with Crippen molar-refractivity contribution >= 4 is 16.9 Å². The maximum Gasteiger partial charge on any atom is 0.268 e. The van der Waals surface area contributed by atoms with Crippen LogP contribution < -0.4 is 10.9 Å². The number of carbonyl (C=O) groups is 1. The number of carbonyl (C=O) groups excluding carboxylic acids is 1. The van der Waals surface area contributed by atoms with Crippen molar-refractivity contribution < 1.29 is 14.6 Å². The lowest BCUT2D eigenvalue weighted by Crippen LogP contribution is -2.57. The Bertz CT molecular complexity index is 1030. The summed E-state index contributed by atoms with van der Waals surface area (Å²) in [6.07, 6.45) is 7.23. The van der Waals surface area contributed by atoms with Crippen molar-refractivity contribution in [2.45, 2.75) is 63.8 Å². The fraction of sp³-hybridized carbons (Fsp3) is 0.609. The van der Waals surface area contributed by atoms with Gasteiger partial charge in [-0.3, -0.25) is 19.1 Å². The molecule has 2 aromatic rings. The Hall–Kier alpha value is -2.45. The molecule has 4 aliphatic rings. The van der Waals surface area contributed by atoms with Crippen LogP contribution in [0.2, 0.25) is 0 Å². The highest BCUT2D eigenvalue weighted by molar-refractivity contribution is 6.01. The highest BCUT2D eigenvalue weighted by Crippen LogP contribution is 2.29. The second-order valence-corrected chi connectivity index (χ2v) is 9.36. The third kappa shape index (κ3) is 3.94. The van der Waals surface area contributed by atoms with Crippen molar-refractivity contribution in [3.8, 4) is 5.75 Å². The number of ether oxygens (including phenoxy) is 1. The van der Waals surface area contributed by atoms with Gasteiger partial charge in [0.2, 0.25) is 0 Å². The molecule has 6 rings (SSSR count). The van der Waals surface area contributed by atoms with Crippen LogP contribution in [0.15, 0.2) is 23.1 Å². The van der Waals surface area contributed by atoms with Gasteiger partial charge in [-0.25, -0.2) is 4.98 Å². The number of rotatable bonds is 5. The lowest BCUT2D eigenvalue weighted by molar-refractivity contribution is -0.180. The molecule has 0 spiro atoms. The summed E-state index contributed by atoms with van der Waals surface area (Å²) in [4.78, 5) is 33.0. The molecule has 1 aliphatic carbocycles. The molecule has 2 N–H and O–H groups in total. The van der Waals surface area contributed by atoms with E-state index in [-0.39, 0.29) is 17.4 Å². The van der Waals surface area contributed by atoms with Crippen LogP contribution in [0.1, 0.15) is 49.4 Å². The molecule has 8 nitrogen and oxygen atoms in total. The summed E-state index contributed by atoms with van der Waals surface area (Å²) >= 11 is 0. The van der Waals surface area contributed by atoms with Gasteiger partial charge in [-0.1, -0.05) is 6.92 Å². The zero-order valence-corrected chi connectivity index (χ0v) is 17.9. The first-order valence-electron chi connectivity index (χ1n) is 11.4. The van der Waals surface area contributed by atoms with Crippen LogP contribution >= 0.6 is 0 Å². The highest BCUT2D eigenvalue weighted by Gasteiger charge is 2.38. The van der Waals surface area contributed by atoms with E-state index in [0.29, 0.717) is 42.2 Å². The average Bonchev–Trinajstić information content (AvgIpc) is 2.75. The number of nitrogens with one attached hydrogen (secondary N) is 1. The van der Waals surface area contributed by atoms with Crippen molar-refractivity contribution in [3.05, 3.63) is 34.2 Å². The van der Waals surface area contributed by atoms with Gasteiger partial charge in [0.1, 0.15) is 17.0 Å². The Balaban J connectivity index is 1.42. The standard InChI is InChI=1S/C23H30N4O4/c1-14-4-6-15(7-5-14)25-22(29)19-20(28)18-3-2-8-24-21(18)27(23(19)30)10-9-26-12-16-11-17(13-26)31-16/h2-3,8,14-17,28H,4-7,9-13H2,1H3,(H,25,29)/t14-,15+,16?,17?. The summed E-state index contributed by atoms with van der Waals surface area (Å²) in [6, 6.07) is 3.45. The van der Waals surface area contributed by atoms with Gasteiger partial charge in [-0.2, -0.15) is 0 Å². The van der Waals surface area contributed by atoms with Gasteiger partial charge >= 0.3 is 0 Å². The maximum atomic E-state index is 13.3. The van der Waals surface area contributed by atoms with Gasteiger partial charge in [-0.05, 0) is 43.7 Å². The topological polar surface area (TPSA) is 96.7 Å². The predicted octanol–water partition coefficient (Wildman–Crippen LogP) is 1.88. The molecule has 166 valence electrons. The fourth-order valence-corrected chi connectivity index (χ4v) is 5.20. The van der Waals surface area contributed by atoms with Crippen LogP contribution in [0.3, 0.4) is 0 Å². The molecule has 2 aromatic heterocycles. The van der Waals surface area contributed by atoms with Gasteiger partial charge in [0.05, 0.1) is 17.6 Å². The molecule has 1 saturated carbocycles. The van der Waals surface area contributed by atoms with Gasteiger partial charge in [0.25, 0.3) is 11.5 Å². The van der Waals surface area contributed by atoms with Crippen LogP contribution in [0, 0.1) is 5.92 Å². The number of hydrogen-bond donors (Lipinski definition) is 2. The van der Waals surface area contributed by atoms with Crippen LogP contribution in [0.4, 0.5) is 0 Å². The van der Waals surface area contributed by atoms with Crippen molar-refractivity contribution in [3.63, 3.8) is 0 Å². The normalized spacial score (nSPS) is 28.3. The quantitative estimate of drug-likeness (QED) is 0.758. The largest absolute Gasteiger partial charge is 0.506 e. The minimum atomic E-state index is -0.492. The Morgan fingerprint density at radius 3 is 2.65 bits per heavy atom. The molecular weight excluding hydrogens is 396 g/mol. The average molecular weight is 427 g/mol. The van der Waals surface area contributed by atoms with E-state index >= 15 is 0 Å². The number of hydrogen-bond acceptors (Lipinski definition) is 6. The molecule has 2 atom stereocenters. The van der Waals surface area contributed by atoms with E-state index in [9.17, 15) is 14.7 Å². The second-order valence-electron chi connectivity index (χ2n) is 9.36. The van der Waals surface area contributed by atoms with E-state index in [1.165, 1.54) is 4.57 Å². The van der Waals surface area contributed by atoms with Crippen molar-refractivity contribution in [1.82, 2.24) is 19.8 Å². The Labute approximate surface area is 181 Å². The number of pyridine rings is 2. The Morgan fingerprint density at radius 1 is 1.23 bits per heavy atom. The third-order valence-corrected chi connectivity index (χ3v) is 7.05. The van der Waals surface area contributed by atoms with Crippen molar-refractivity contribution in [2.24, 2.45) is 5.92 Å². The maximum absolute atomic E-state index is 13.3. The summed E-state index contributed by atoms with van der Waals surface area (Å²) in [5.41, 5.74) is -0.251. The van der Waals surface area contributed by atoms with Crippen molar-refractivity contribution in [2.75, 3.05) is 19.6 Å².